The Labute approximate surface area is 152 Å². The van der Waals surface area contributed by atoms with Crippen molar-refractivity contribution in [2.24, 2.45) is 0 Å². The smallest absolute Gasteiger partial charge is 0.293 e. The summed E-state index contributed by atoms with van der Waals surface area (Å²) < 4.78 is 23.8. The first-order valence-corrected chi connectivity index (χ1v) is 8.14. The molecule has 0 atom stereocenters. The van der Waals surface area contributed by atoms with E-state index in [1.807, 2.05) is 0 Å². The number of hydrogen-bond donors (Lipinski definition) is 0. The predicted molar refractivity (Wildman–Crippen MR) is 90.7 cm³/mol. The van der Waals surface area contributed by atoms with Crippen molar-refractivity contribution < 1.29 is 18.4 Å². The summed E-state index contributed by atoms with van der Waals surface area (Å²) in [7, 11) is 0. The zero-order valence-electron chi connectivity index (χ0n) is 13.4. The molecule has 4 rings (SSSR count). The molecule has 0 spiro atoms. The van der Waals surface area contributed by atoms with Crippen LogP contribution in [0.5, 0.6) is 5.88 Å². The lowest BCUT2D eigenvalue weighted by Gasteiger charge is -2.30. The largest absolute Gasteiger partial charge is 0.474 e. The van der Waals surface area contributed by atoms with Gasteiger partial charge in [0.2, 0.25) is 5.88 Å². The Balaban J connectivity index is 1.65. The fourth-order valence-corrected chi connectivity index (χ4v) is 2.74. The van der Waals surface area contributed by atoms with E-state index in [0.29, 0.717) is 31.1 Å². The van der Waals surface area contributed by atoms with Crippen LogP contribution >= 0.6 is 11.6 Å². The number of halogens is 2. The van der Waals surface area contributed by atoms with Crippen LogP contribution in [0.2, 0.25) is 0 Å². The Hall–Kier alpha value is -3.00. The highest BCUT2D eigenvalue weighted by Gasteiger charge is 2.22. The highest BCUT2D eigenvalue weighted by atomic mass is 35.5. The topological polar surface area (TPSA) is 81.4 Å². The fraction of sp³-hybridized carbons (Fsp3) is 0.176. The van der Waals surface area contributed by atoms with E-state index < -0.39 is 5.24 Å². The zero-order chi connectivity index (χ0) is 18.1. The quantitative estimate of drug-likeness (QED) is 0.649. The molecule has 0 fully saturated rings. The summed E-state index contributed by atoms with van der Waals surface area (Å²) in [6.07, 6.45) is 1.52. The van der Waals surface area contributed by atoms with Crippen molar-refractivity contribution in [3.8, 4) is 17.3 Å². The average Bonchev–Trinajstić information content (AvgIpc) is 3.14. The van der Waals surface area contributed by atoms with Gasteiger partial charge in [-0.2, -0.15) is 4.98 Å². The Bertz CT molecular complexity index is 961. The number of carbonyl (C=O) groups is 1. The Morgan fingerprint density at radius 3 is 2.85 bits per heavy atom. The average molecular weight is 375 g/mol. The van der Waals surface area contributed by atoms with Gasteiger partial charge >= 0.3 is 0 Å². The van der Waals surface area contributed by atoms with E-state index in [1.165, 1.54) is 18.3 Å². The molecule has 2 aromatic heterocycles. The predicted octanol–water partition coefficient (Wildman–Crippen LogP) is 3.05. The van der Waals surface area contributed by atoms with Gasteiger partial charge in [-0.15, -0.1) is 0 Å². The lowest BCUT2D eigenvalue weighted by Crippen LogP contribution is -2.32. The van der Waals surface area contributed by atoms with Crippen LogP contribution in [0.4, 0.5) is 10.1 Å². The number of anilines is 1. The van der Waals surface area contributed by atoms with Gasteiger partial charge in [0.1, 0.15) is 18.1 Å². The van der Waals surface area contributed by atoms with Crippen LogP contribution in [0.1, 0.15) is 16.2 Å². The molecule has 26 heavy (non-hydrogen) atoms. The third-order valence-corrected chi connectivity index (χ3v) is 4.08. The van der Waals surface area contributed by atoms with E-state index in [2.05, 4.69) is 20.0 Å². The summed E-state index contributed by atoms with van der Waals surface area (Å²) in [5.41, 5.74) is 2.24. The van der Waals surface area contributed by atoms with E-state index in [0.717, 1.165) is 11.3 Å². The first-order chi connectivity index (χ1) is 12.6. The molecule has 0 saturated heterocycles. The number of pyridine rings is 1. The van der Waals surface area contributed by atoms with Crippen molar-refractivity contribution in [1.29, 1.82) is 0 Å². The molecular formula is C17H12ClFN4O3. The second-order valence-corrected chi connectivity index (χ2v) is 5.98. The molecule has 0 bridgehead atoms. The third-order valence-electron chi connectivity index (χ3n) is 3.91. The summed E-state index contributed by atoms with van der Waals surface area (Å²) in [5.74, 6) is 0.131. The number of aromatic nitrogens is 3. The molecule has 3 aromatic rings. The summed E-state index contributed by atoms with van der Waals surface area (Å²) >= 11 is 5.35. The highest BCUT2D eigenvalue weighted by Crippen LogP contribution is 2.34. The summed E-state index contributed by atoms with van der Waals surface area (Å²) in [6, 6.07) is 8.11. The minimum absolute atomic E-state index is 0.136. The number of rotatable bonds is 4. The van der Waals surface area contributed by atoms with Gasteiger partial charge in [-0.05, 0) is 35.4 Å². The highest BCUT2D eigenvalue weighted by molar-refractivity contribution is 6.67. The molecule has 0 N–H and O–H groups in total. The van der Waals surface area contributed by atoms with Gasteiger partial charge in [0.05, 0.1) is 12.1 Å². The minimum Gasteiger partial charge on any atom is -0.474 e. The van der Waals surface area contributed by atoms with Crippen molar-refractivity contribution in [3.63, 3.8) is 0 Å². The molecule has 1 aliphatic heterocycles. The fourth-order valence-electron chi connectivity index (χ4n) is 2.66. The maximum atomic E-state index is 13.1. The lowest BCUT2D eigenvalue weighted by molar-refractivity contribution is 0.107. The van der Waals surface area contributed by atoms with Crippen molar-refractivity contribution in [1.82, 2.24) is 15.1 Å². The molecule has 132 valence electrons. The van der Waals surface area contributed by atoms with E-state index in [4.69, 9.17) is 20.9 Å². The zero-order valence-corrected chi connectivity index (χ0v) is 14.1. The van der Waals surface area contributed by atoms with Crippen molar-refractivity contribution in [2.45, 2.75) is 6.54 Å². The van der Waals surface area contributed by atoms with Gasteiger partial charge in [0.15, 0.2) is 0 Å². The molecule has 0 unspecified atom stereocenters. The molecule has 0 amide bonds. The van der Waals surface area contributed by atoms with Crippen LogP contribution in [-0.2, 0) is 6.54 Å². The molecular weight excluding hydrogens is 363 g/mol. The van der Waals surface area contributed by atoms with Crippen molar-refractivity contribution in [3.05, 3.63) is 53.7 Å². The summed E-state index contributed by atoms with van der Waals surface area (Å²) in [6.45, 7) is 1.70. The second-order valence-electron chi connectivity index (χ2n) is 5.64. The van der Waals surface area contributed by atoms with E-state index in [1.54, 1.807) is 18.2 Å². The van der Waals surface area contributed by atoms with Gasteiger partial charge in [-0.1, -0.05) is 17.3 Å². The molecule has 0 aliphatic carbocycles. The molecule has 7 nitrogen and oxygen atoms in total. The van der Waals surface area contributed by atoms with Gasteiger partial charge in [0, 0.05) is 12.7 Å². The Morgan fingerprint density at radius 1 is 1.31 bits per heavy atom. The summed E-state index contributed by atoms with van der Waals surface area (Å²) in [4.78, 5) is 21.4. The monoisotopic (exact) mass is 374 g/mol. The van der Waals surface area contributed by atoms with Crippen LogP contribution in [0.3, 0.4) is 0 Å². The number of benzene rings is 1. The molecule has 0 radical (unpaired) electrons. The maximum absolute atomic E-state index is 13.1. The van der Waals surface area contributed by atoms with Crippen LogP contribution < -0.4 is 9.64 Å². The van der Waals surface area contributed by atoms with Gasteiger partial charge < -0.3 is 14.2 Å². The van der Waals surface area contributed by atoms with Crippen LogP contribution in [-0.4, -0.2) is 33.5 Å². The van der Waals surface area contributed by atoms with Crippen LogP contribution in [0.15, 0.2) is 41.1 Å². The minimum atomic E-state index is -0.799. The van der Waals surface area contributed by atoms with Crippen molar-refractivity contribution >= 4 is 22.5 Å². The third kappa shape index (κ3) is 3.23. The standard InChI is InChI=1S/C17H12ClFN4O3/c18-14(24)15-21-16(26-22-15)11-7-13-17(20-8-11)25-6-5-23(13)9-10-1-3-12(19)4-2-10/h1-4,7-8H,5-6,9H2. The van der Waals surface area contributed by atoms with Crippen LogP contribution in [0, 0.1) is 5.82 Å². The normalized spacial score (nSPS) is 13.2. The number of carbonyl (C=O) groups excluding carboxylic acids is 1. The molecule has 1 aliphatic rings. The van der Waals surface area contributed by atoms with Crippen LogP contribution in [0.25, 0.3) is 11.5 Å². The van der Waals surface area contributed by atoms with E-state index in [-0.39, 0.29) is 17.5 Å². The Morgan fingerprint density at radius 2 is 2.12 bits per heavy atom. The van der Waals surface area contributed by atoms with Gasteiger partial charge in [0.25, 0.3) is 17.0 Å². The second kappa shape index (κ2) is 6.72. The molecule has 1 aromatic carbocycles. The van der Waals surface area contributed by atoms with Crippen molar-refractivity contribution in [2.75, 3.05) is 18.1 Å². The maximum Gasteiger partial charge on any atom is 0.293 e. The molecule has 3 heterocycles. The van der Waals surface area contributed by atoms with Gasteiger partial charge in [-0.25, -0.2) is 9.37 Å². The van der Waals surface area contributed by atoms with E-state index in [9.17, 15) is 9.18 Å². The number of fused-ring (bicyclic) bond motifs is 1. The summed E-state index contributed by atoms with van der Waals surface area (Å²) in [5, 5.41) is 2.72. The lowest BCUT2D eigenvalue weighted by atomic mass is 10.1. The first kappa shape index (κ1) is 16.5. The first-order valence-electron chi connectivity index (χ1n) is 7.76. The number of hydrogen-bond acceptors (Lipinski definition) is 7. The molecule has 9 heteroatoms. The Kier molecular flexibility index (Phi) is 4.26. The SMILES string of the molecule is O=C(Cl)c1noc(-c2cnc3c(c2)N(Cc2ccc(F)cc2)CCO3)n1. The van der Waals surface area contributed by atoms with E-state index >= 15 is 0 Å². The number of nitrogens with zero attached hydrogens (tertiary/aromatic N) is 4. The molecule has 0 saturated carbocycles. The number of ether oxygens (including phenoxy) is 1. The van der Waals surface area contributed by atoms with Gasteiger partial charge in [-0.3, -0.25) is 4.79 Å².